The van der Waals surface area contributed by atoms with Crippen molar-refractivity contribution in [3.63, 3.8) is 0 Å². The van der Waals surface area contributed by atoms with Crippen LogP contribution >= 0.6 is 11.3 Å². The molecule has 0 bridgehead atoms. The Kier molecular flexibility index (Phi) is 2.90. The van der Waals surface area contributed by atoms with Gasteiger partial charge in [0, 0.05) is 18.0 Å². The van der Waals surface area contributed by atoms with Crippen LogP contribution in [-0.2, 0) is 17.8 Å². The van der Waals surface area contributed by atoms with E-state index in [0.29, 0.717) is 19.4 Å². The number of carbonyl (C=O) groups excluding carboxylic acids is 1. The first kappa shape index (κ1) is 13.0. The number of halogens is 2. The minimum atomic E-state index is -3.67. The zero-order chi connectivity index (χ0) is 13.7. The van der Waals surface area contributed by atoms with Crippen LogP contribution in [0.3, 0.4) is 0 Å². The van der Waals surface area contributed by atoms with Crippen LogP contribution in [0.15, 0.2) is 11.4 Å². The number of alkyl halides is 2. The summed E-state index contributed by atoms with van der Waals surface area (Å²) in [6.07, 6.45) is 1.17. The monoisotopic (exact) mass is 287 g/mol. The molecule has 1 aliphatic carbocycles. The quantitative estimate of drug-likeness (QED) is 0.905. The average molecular weight is 287 g/mol. The number of fused-ring (bicyclic) bond motifs is 1. The minimum Gasteiger partial charge on any atom is -0.383 e. The van der Waals surface area contributed by atoms with Gasteiger partial charge in [0.2, 0.25) is 0 Å². The maximum Gasteiger partial charge on any atom is 0.352 e. The summed E-state index contributed by atoms with van der Waals surface area (Å²) in [4.78, 5) is 14.3. The highest BCUT2D eigenvalue weighted by atomic mass is 32.1. The fourth-order valence-electron chi connectivity index (χ4n) is 2.65. The first-order valence-electron chi connectivity index (χ1n) is 6.39. The number of hydrogen-bond acceptors (Lipinski definition) is 3. The second kappa shape index (κ2) is 4.24. The van der Waals surface area contributed by atoms with Gasteiger partial charge in [-0.3, -0.25) is 4.79 Å². The lowest BCUT2D eigenvalue weighted by molar-refractivity contribution is -0.224. The molecule has 1 aliphatic heterocycles. The summed E-state index contributed by atoms with van der Waals surface area (Å²) < 4.78 is 28.2. The van der Waals surface area contributed by atoms with E-state index < -0.39 is 17.4 Å². The lowest BCUT2D eigenvalue weighted by Crippen LogP contribution is -2.61. The molecule has 1 aromatic heterocycles. The molecule has 3 rings (SSSR count). The van der Waals surface area contributed by atoms with Crippen molar-refractivity contribution < 1.29 is 18.7 Å². The molecule has 0 atom stereocenters. The maximum atomic E-state index is 14.1. The molecule has 19 heavy (non-hydrogen) atoms. The summed E-state index contributed by atoms with van der Waals surface area (Å²) in [6, 6.07) is 1.87. The van der Waals surface area contributed by atoms with E-state index in [4.69, 9.17) is 0 Å². The van der Waals surface area contributed by atoms with Gasteiger partial charge < -0.3 is 10.0 Å². The van der Waals surface area contributed by atoms with Crippen molar-refractivity contribution in [1.82, 2.24) is 4.90 Å². The van der Waals surface area contributed by atoms with E-state index >= 15 is 0 Å². The van der Waals surface area contributed by atoms with E-state index in [9.17, 15) is 18.7 Å². The van der Waals surface area contributed by atoms with E-state index in [1.165, 1.54) is 4.90 Å². The number of carbonyl (C=O) groups is 1. The van der Waals surface area contributed by atoms with Gasteiger partial charge >= 0.3 is 5.92 Å². The second-order valence-corrected chi connectivity index (χ2v) is 6.31. The fourth-order valence-corrected chi connectivity index (χ4v) is 3.53. The van der Waals surface area contributed by atoms with E-state index in [1.54, 1.807) is 11.3 Å². The number of rotatable bonds is 2. The predicted octanol–water partition coefficient (Wildman–Crippen LogP) is 2.18. The minimum absolute atomic E-state index is 0.00326. The molecule has 6 heteroatoms. The number of amides is 1. The molecule has 2 heterocycles. The molecule has 0 saturated heterocycles. The van der Waals surface area contributed by atoms with Crippen LogP contribution in [0.2, 0.25) is 0 Å². The first-order chi connectivity index (χ1) is 8.94. The van der Waals surface area contributed by atoms with Gasteiger partial charge in [0.25, 0.3) is 5.91 Å². The predicted molar refractivity (Wildman–Crippen MR) is 67.2 cm³/mol. The van der Waals surface area contributed by atoms with Crippen molar-refractivity contribution in [3.05, 3.63) is 21.9 Å². The highest BCUT2D eigenvalue weighted by Crippen LogP contribution is 2.45. The Balaban J connectivity index is 1.78. The maximum absolute atomic E-state index is 14.1. The fraction of sp³-hybridized carbons (Fsp3) is 0.615. The average Bonchev–Trinajstić information content (AvgIpc) is 2.81. The number of nitrogens with zero attached hydrogens (tertiary/aromatic N) is 1. The van der Waals surface area contributed by atoms with Gasteiger partial charge in [0.15, 0.2) is 0 Å². The van der Waals surface area contributed by atoms with Crippen LogP contribution in [0.25, 0.3) is 0 Å². The number of thiophene rings is 1. The van der Waals surface area contributed by atoms with Crippen LogP contribution in [-0.4, -0.2) is 34.0 Å². The third-order valence-corrected chi connectivity index (χ3v) is 5.15. The van der Waals surface area contributed by atoms with Gasteiger partial charge in [-0.25, -0.2) is 0 Å². The van der Waals surface area contributed by atoms with Gasteiger partial charge in [0.05, 0.1) is 0 Å². The second-order valence-electron chi connectivity index (χ2n) is 5.31. The molecule has 3 nitrogen and oxygen atoms in total. The Labute approximate surface area is 113 Å². The molecule has 1 N–H and O–H groups in total. The smallest absolute Gasteiger partial charge is 0.352 e. The summed E-state index contributed by atoms with van der Waals surface area (Å²) in [5.74, 6) is -4.90. The zero-order valence-corrected chi connectivity index (χ0v) is 11.2. The zero-order valence-electron chi connectivity index (χ0n) is 10.4. The van der Waals surface area contributed by atoms with Crippen LogP contribution < -0.4 is 0 Å². The molecule has 0 aromatic carbocycles. The molecule has 2 aliphatic rings. The summed E-state index contributed by atoms with van der Waals surface area (Å²) in [6.45, 7) is 0.529. The van der Waals surface area contributed by atoms with Gasteiger partial charge in [-0.05, 0) is 42.7 Å². The molecule has 104 valence electrons. The summed E-state index contributed by atoms with van der Waals surface area (Å²) in [5.41, 5.74) is -1.18. The normalized spacial score (nSPS) is 21.7. The molecule has 1 saturated carbocycles. The largest absolute Gasteiger partial charge is 0.383 e. The Hall–Kier alpha value is -1.01. The third kappa shape index (κ3) is 1.89. The van der Waals surface area contributed by atoms with Crippen molar-refractivity contribution in [2.24, 2.45) is 0 Å². The topological polar surface area (TPSA) is 40.5 Å². The van der Waals surface area contributed by atoms with Crippen LogP contribution in [0.4, 0.5) is 8.78 Å². The van der Waals surface area contributed by atoms with Crippen LogP contribution in [0, 0.1) is 0 Å². The van der Waals surface area contributed by atoms with Gasteiger partial charge in [-0.15, -0.1) is 11.3 Å². The van der Waals surface area contributed by atoms with Gasteiger partial charge in [-0.1, -0.05) is 0 Å². The van der Waals surface area contributed by atoms with Crippen molar-refractivity contribution in [1.29, 1.82) is 0 Å². The highest BCUT2D eigenvalue weighted by molar-refractivity contribution is 7.10. The van der Waals surface area contributed by atoms with E-state index in [-0.39, 0.29) is 19.4 Å². The Morgan fingerprint density at radius 1 is 1.47 bits per heavy atom. The summed E-state index contributed by atoms with van der Waals surface area (Å²) in [7, 11) is 0. The third-order valence-electron chi connectivity index (χ3n) is 4.13. The lowest BCUT2D eigenvalue weighted by atomic mass is 9.75. The van der Waals surface area contributed by atoms with Crippen LogP contribution in [0.5, 0.6) is 0 Å². The summed E-state index contributed by atoms with van der Waals surface area (Å²) >= 11 is 1.59. The molecule has 1 aromatic rings. The molecular formula is C13H15F2NO2S. The van der Waals surface area contributed by atoms with E-state index in [1.807, 2.05) is 11.4 Å². The number of aliphatic hydroxyl groups is 1. The summed E-state index contributed by atoms with van der Waals surface area (Å²) in [5, 5.41) is 11.7. The highest BCUT2D eigenvalue weighted by Gasteiger charge is 2.62. The lowest BCUT2D eigenvalue weighted by Gasteiger charge is -2.43. The van der Waals surface area contributed by atoms with Crippen molar-refractivity contribution in [2.75, 3.05) is 6.54 Å². The first-order valence-corrected chi connectivity index (χ1v) is 7.27. The van der Waals surface area contributed by atoms with Gasteiger partial charge in [0.1, 0.15) is 5.60 Å². The van der Waals surface area contributed by atoms with Crippen molar-refractivity contribution >= 4 is 17.2 Å². The molecule has 1 amide bonds. The number of hydrogen-bond donors (Lipinski definition) is 1. The molecule has 0 unspecified atom stereocenters. The Bertz CT molecular complexity index is 510. The van der Waals surface area contributed by atoms with Crippen LogP contribution in [0.1, 0.15) is 29.7 Å². The van der Waals surface area contributed by atoms with Gasteiger partial charge in [-0.2, -0.15) is 8.78 Å². The molecule has 1 fully saturated rings. The van der Waals surface area contributed by atoms with E-state index in [0.717, 1.165) is 10.4 Å². The van der Waals surface area contributed by atoms with Crippen molar-refractivity contribution in [3.8, 4) is 0 Å². The molecule has 0 radical (unpaired) electrons. The molecular weight excluding hydrogens is 272 g/mol. The molecule has 0 spiro atoms. The Morgan fingerprint density at radius 3 is 2.84 bits per heavy atom. The van der Waals surface area contributed by atoms with Crippen molar-refractivity contribution in [2.45, 2.75) is 43.8 Å². The Morgan fingerprint density at radius 2 is 2.21 bits per heavy atom. The van der Waals surface area contributed by atoms with E-state index in [2.05, 4.69) is 0 Å². The standard InChI is InChI=1S/C13H15F2NO2S/c14-13(15,12(18)4-1-5-12)11(17)16-6-2-10-9(8-16)3-7-19-10/h3,7,18H,1-2,4-6,8H2. The SMILES string of the molecule is O=C(N1CCc2sccc2C1)C(F)(F)C1(O)CCC1.